The number of nitrogens with zero attached hydrogens (tertiary/aromatic N) is 2. The highest BCUT2D eigenvalue weighted by Crippen LogP contribution is 2.51. The SMILES string of the molecule is Cc1ccc(S(=O)(=O)N2C(=O)[C@@H](c3ccccc3)[C@H]3N=C(c4ccccc4)[C@@H]2c2ccc(C)cc23)cc1. The van der Waals surface area contributed by atoms with Crippen molar-refractivity contribution in [2.75, 3.05) is 0 Å². The molecule has 184 valence electrons. The highest BCUT2D eigenvalue weighted by molar-refractivity contribution is 7.89. The molecule has 3 atom stereocenters. The Hall–Kier alpha value is -4.03. The molecule has 3 heterocycles. The summed E-state index contributed by atoms with van der Waals surface area (Å²) >= 11 is 0. The Morgan fingerprint density at radius 3 is 2.03 bits per heavy atom. The van der Waals surface area contributed by atoms with E-state index < -0.39 is 33.9 Å². The van der Waals surface area contributed by atoms with Gasteiger partial charge in [-0.25, -0.2) is 12.7 Å². The van der Waals surface area contributed by atoms with Crippen molar-refractivity contribution in [2.24, 2.45) is 4.99 Å². The monoisotopic (exact) mass is 506 g/mol. The van der Waals surface area contributed by atoms with Gasteiger partial charge in [0.2, 0.25) is 5.91 Å². The molecule has 4 aromatic carbocycles. The van der Waals surface area contributed by atoms with E-state index in [1.54, 1.807) is 24.3 Å². The summed E-state index contributed by atoms with van der Waals surface area (Å²) < 4.78 is 29.8. The van der Waals surface area contributed by atoms with Crippen LogP contribution in [0.1, 0.15) is 51.4 Å². The number of sulfonamides is 1. The minimum absolute atomic E-state index is 0.0877. The summed E-state index contributed by atoms with van der Waals surface area (Å²) in [5, 5.41) is 0. The number of aliphatic imine (C=N–C) groups is 1. The fourth-order valence-electron chi connectivity index (χ4n) is 5.44. The standard InChI is InChI=1S/C31H26N2O3S/c1-20-13-16-24(17-14-20)37(35,36)33-30-25-18-15-21(2)19-26(25)29(32-28(30)23-11-7-4-8-12-23)27(31(33)34)22-9-5-3-6-10-22/h3-19,27,29-30H,1-2H3/t27-,29-,30-/m0/s1. The summed E-state index contributed by atoms with van der Waals surface area (Å²) in [6.07, 6.45) is 0. The Morgan fingerprint density at radius 1 is 0.730 bits per heavy atom. The molecule has 0 fully saturated rings. The molecule has 3 aliphatic rings. The van der Waals surface area contributed by atoms with Crippen LogP contribution in [0.5, 0.6) is 0 Å². The van der Waals surface area contributed by atoms with Gasteiger partial charge >= 0.3 is 0 Å². The molecule has 7 rings (SSSR count). The number of carbonyl (C=O) groups is 1. The van der Waals surface area contributed by atoms with Crippen LogP contribution in [0.15, 0.2) is 113 Å². The van der Waals surface area contributed by atoms with E-state index in [1.165, 1.54) is 0 Å². The van der Waals surface area contributed by atoms with Gasteiger partial charge in [0.1, 0.15) is 6.04 Å². The van der Waals surface area contributed by atoms with Crippen LogP contribution in [0.4, 0.5) is 0 Å². The highest BCUT2D eigenvalue weighted by atomic mass is 32.2. The zero-order valence-corrected chi connectivity index (χ0v) is 21.4. The van der Waals surface area contributed by atoms with E-state index in [9.17, 15) is 13.2 Å². The molecular weight excluding hydrogens is 480 g/mol. The number of amides is 1. The number of benzene rings is 4. The van der Waals surface area contributed by atoms with Gasteiger partial charge in [0.15, 0.2) is 0 Å². The van der Waals surface area contributed by atoms with Crippen LogP contribution in [0.3, 0.4) is 0 Å². The minimum Gasteiger partial charge on any atom is -0.277 e. The quantitative estimate of drug-likeness (QED) is 0.346. The van der Waals surface area contributed by atoms with Gasteiger partial charge in [-0.3, -0.25) is 9.79 Å². The van der Waals surface area contributed by atoms with Crippen molar-refractivity contribution >= 4 is 21.6 Å². The predicted octanol–water partition coefficient (Wildman–Crippen LogP) is 5.90. The Morgan fingerprint density at radius 2 is 1.35 bits per heavy atom. The molecule has 0 aliphatic carbocycles. The highest BCUT2D eigenvalue weighted by Gasteiger charge is 2.52. The number of rotatable bonds is 4. The van der Waals surface area contributed by atoms with E-state index in [-0.39, 0.29) is 4.90 Å². The van der Waals surface area contributed by atoms with Gasteiger partial charge in [-0.15, -0.1) is 0 Å². The Bertz CT molecular complexity index is 1630. The van der Waals surface area contributed by atoms with Crippen molar-refractivity contribution in [2.45, 2.75) is 36.7 Å². The van der Waals surface area contributed by atoms with E-state index in [0.717, 1.165) is 37.7 Å². The van der Waals surface area contributed by atoms with Gasteiger partial charge in [0, 0.05) is 0 Å². The van der Waals surface area contributed by atoms with E-state index in [2.05, 4.69) is 0 Å². The molecule has 0 saturated carbocycles. The summed E-state index contributed by atoms with van der Waals surface area (Å²) in [4.78, 5) is 19.8. The second kappa shape index (κ2) is 8.82. The summed E-state index contributed by atoms with van der Waals surface area (Å²) in [6.45, 7) is 3.90. The molecule has 0 spiro atoms. The number of hydrogen-bond donors (Lipinski definition) is 0. The number of hydrogen-bond acceptors (Lipinski definition) is 4. The van der Waals surface area contributed by atoms with Crippen LogP contribution in [0.2, 0.25) is 0 Å². The third-order valence-electron chi connectivity index (χ3n) is 7.23. The number of aryl methyl sites for hydroxylation is 2. The van der Waals surface area contributed by atoms with Crippen molar-refractivity contribution in [3.8, 4) is 0 Å². The molecule has 0 aromatic heterocycles. The fourth-order valence-corrected chi connectivity index (χ4v) is 6.98. The lowest BCUT2D eigenvalue weighted by atomic mass is 9.81. The smallest absolute Gasteiger partial charge is 0.267 e. The molecule has 37 heavy (non-hydrogen) atoms. The van der Waals surface area contributed by atoms with Crippen molar-refractivity contribution in [1.82, 2.24) is 4.31 Å². The van der Waals surface area contributed by atoms with Crippen molar-refractivity contribution in [1.29, 1.82) is 0 Å². The molecule has 6 heteroatoms. The second-order valence-corrected chi connectivity index (χ2v) is 11.5. The topological polar surface area (TPSA) is 66.8 Å². The van der Waals surface area contributed by atoms with Crippen molar-refractivity contribution in [3.05, 3.63) is 137 Å². The van der Waals surface area contributed by atoms with Gasteiger partial charge in [-0.1, -0.05) is 102 Å². The van der Waals surface area contributed by atoms with Crippen molar-refractivity contribution < 1.29 is 13.2 Å². The normalized spacial score (nSPS) is 20.8. The molecule has 5 nitrogen and oxygen atoms in total. The van der Waals surface area contributed by atoms with Gasteiger partial charge in [-0.2, -0.15) is 0 Å². The number of carbonyl (C=O) groups excluding carboxylic acids is 1. The van der Waals surface area contributed by atoms with Gasteiger partial charge in [-0.05, 0) is 48.2 Å². The summed E-state index contributed by atoms with van der Waals surface area (Å²) in [5.41, 5.74) is 5.80. The first kappa shape index (κ1) is 23.4. The third kappa shape index (κ3) is 3.80. The van der Waals surface area contributed by atoms with Gasteiger partial charge < -0.3 is 0 Å². The molecule has 2 bridgehead atoms. The summed E-state index contributed by atoms with van der Waals surface area (Å²) in [5.74, 6) is -1.25. The predicted molar refractivity (Wildman–Crippen MR) is 144 cm³/mol. The lowest BCUT2D eigenvalue weighted by Gasteiger charge is -2.33. The first-order valence-electron chi connectivity index (χ1n) is 12.3. The summed E-state index contributed by atoms with van der Waals surface area (Å²) in [7, 11) is -4.22. The maximum atomic E-state index is 14.5. The molecule has 0 radical (unpaired) electrons. The van der Waals surface area contributed by atoms with Crippen molar-refractivity contribution in [3.63, 3.8) is 0 Å². The molecule has 4 aromatic rings. The van der Waals surface area contributed by atoms with E-state index in [1.807, 2.05) is 92.7 Å². The lowest BCUT2D eigenvalue weighted by molar-refractivity contribution is -0.128. The Balaban J connectivity index is 1.68. The van der Waals surface area contributed by atoms with Crippen LogP contribution in [0.25, 0.3) is 0 Å². The van der Waals surface area contributed by atoms with Crippen LogP contribution in [0, 0.1) is 13.8 Å². The number of fused-ring (bicyclic) bond motifs is 2. The lowest BCUT2D eigenvalue weighted by Crippen LogP contribution is -2.43. The zero-order chi connectivity index (χ0) is 25.7. The van der Waals surface area contributed by atoms with Gasteiger partial charge in [0.05, 0.1) is 22.6 Å². The van der Waals surface area contributed by atoms with E-state index in [0.29, 0.717) is 5.71 Å². The van der Waals surface area contributed by atoms with Gasteiger partial charge in [0.25, 0.3) is 10.0 Å². The van der Waals surface area contributed by atoms with Crippen LogP contribution >= 0.6 is 0 Å². The average Bonchev–Trinajstić information content (AvgIpc) is 3.10. The molecule has 1 amide bonds. The third-order valence-corrected chi connectivity index (χ3v) is 9.01. The van der Waals surface area contributed by atoms with Crippen LogP contribution in [-0.2, 0) is 14.8 Å². The maximum absolute atomic E-state index is 14.5. The molecular formula is C31H26N2O3S. The largest absolute Gasteiger partial charge is 0.277 e. The van der Waals surface area contributed by atoms with E-state index in [4.69, 9.17) is 4.99 Å². The Kier molecular flexibility index (Phi) is 5.57. The zero-order valence-electron chi connectivity index (χ0n) is 20.6. The first-order chi connectivity index (χ1) is 17.9. The first-order valence-corrected chi connectivity index (χ1v) is 13.7. The minimum atomic E-state index is -4.22. The molecule has 0 saturated heterocycles. The molecule has 0 unspecified atom stereocenters. The summed E-state index contributed by atoms with van der Waals surface area (Å²) in [6, 6.07) is 30.2. The molecule has 3 aliphatic heterocycles. The fraction of sp³-hybridized carbons (Fsp3) is 0.161. The van der Waals surface area contributed by atoms with Crippen LogP contribution < -0.4 is 0 Å². The maximum Gasteiger partial charge on any atom is 0.267 e. The molecule has 0 N–H and O–H groups in total. The van der Waals surface area contributed by atoms with Crippen LogP contribution in [-0.4, -0.2) is 24.3 Å². The Labute approximate surface area is 217 Å². The second-order valence-electron chi connectivity index (χ2n) is 9.70. The van der Waals surface area contributed by atoms with E-state index >= 15 is 0 Å². The average molecular weight is 507 g/mol.